The zero-order valence-electron chi connectivity index (χ0n) is 11.3. The van der Waals surface area contributed by atoms with Gasteiger partial charge in [0.15, 0.2) is 0 Å². The molecule has 0 atom stereocenters. The summed E-state index contributed by atoms with van der Waals surface area (Å²) in [7, 11) is -5.33. The number of halogens is 3. The van der Waals surface area contributed by atoms with Gasteiger partial charge in [0.1, 0.15) is 0 Å². The monoisotopic (exact) mass is 322 g/mol. The number of hydrogen-bond acceptors (Lipinski definition) is 4. The Bertz CT molecular complexity index is 583. The Labute approximate surface area is 121 Å². The van der Waals surface area contributed by atoms with Crippen molar-refractivity contribution in [3.8, 4) is 0 Å². The molecule has 0 aliphatic heterocycles. The van der Waals surface area contributed by atoms with E-state index in [1.807, 2.05) is 0 Å². The van der Waals surface area contributed by atoms with Gasteiger partial charge in [0.05, 0.1) is 10.6 Å². The van der Waals surface area contributed by atoms with Crippen LogP contribution in [0.15, 0.2) is 29.2 Å². The van der Waals surface area contributed by atoms with Crippen molar-refractivity contribution in [3.05, 3.63) is 24.3 Å². The topological polar surface area (TPSA) is 58.2 Å². The predicted octanol–water partition coefficient (Wildman–Crippen LogP) is 2.53. The second-order valence-electron chi connectivity index (χ2n) is 4.95. The molecule has 0 bridgehead atoms. The van der Waals surface area contributed by atoms with Crippen LogP contribution in [0.4, 0.5) is 18.9 Å². The van der Waals surface area contributed by atoms with E-state index in [0.717, 1.165) is 12.6 Å². The molecule has 0 amide bonds. The van der Waals surface area contributed by atoms with Gasteiger partial charge in [0.25, 0.3) is 9.84 Å². The van der Waals surface area contributed by atoms with Crippen molar-refractivity contribution in [1.82, 2.24) is 5.32 Å². The number of rotatable bonds is 7. The fourth-order valence-electron chi connectivity index (χ4n) is 1.88. The summed E-state index contributed by atoms with van der Waals surface area (Å²) in [6.45, 7) is 1.16. The quantitative estimate of drug-likeness (QED) is 0.758. The van der Waals surface area contributed by atoms with Crippen LogP contribution in [-0.4, -0.2) is 33.1 Å². The number of anilines is 1. The number of benzene rings is 1. The lowest BCUT2D eigenvalue weighted by Gasteiger charge is -2.14. The summed E-state index contributed by atoms with van der Waals surface area (Å²) in [5.41, 5.74) is -5.31. The van der Waals surface area contributed by atoms with Crippen LogP contribution in [0.1, 0.15) is 19.3 Å². The maximum absolute atomic E-state index is 12.6. The highest BCUT2D eigenvalue weighted by molar-refractivity contribution is 7.92. The third kappa shape index (κ3) is 4.10. The number of alkyl halides is 3. The summed E-state index contributed by atoms with van der Waals surface area (Å²) < 4.78 is 60.8. The summed E-state index contributed by atoms with van der Waals surface area (Å²) in [6, 6.07) is 5.65. The number of para-hydroxylation sites is 1. The molecule has 2 N–H and O–H groups in total. The van der Waals surface area contributed by atoms with Crippen LogP contribution >= 0.6 is 0 Å². The van der Waals surface area contributed by atoms with Crippen molar-refractivity contribution < 1.29 is 21.6 Å². The molecule has 0 unspecified atom stereocenters. The van der Waals surface area contributed by atoms with E-state index in [0.29, 0.717) is 19.0 Å². The summed E-state index contributed by atoms with van der Waals surface area (Å²) in [6.07, 6.45) is 3.04. The standard InChI is InChI=1S/C13H17F3N2O2S/c14-13(15,16)21(19,20)12-5-2-1-4-11(12)18-9-3-8-17-10-6-7-10/h1-2,4-5,10,17-18H,3,6-9H2. The molecule has 1 fully saturated rings. The molecule has 118 valence electrons. The van der Waals surface area contributed by atoms with E-state index in [1.54, 1.807) is 0 Å². The Morgan fingerprint density at radius 3 is 2.43 bits per heavy atom. The van der Waals surface area contributed by atoms with E-state index in [1.165, 1.54) is 31.0 Å². The fraction of sp³-hybridized carbons (Fsp3) is 0.538. The van der Waals surface area contributed by atoms with Crippen molar-refractivity contribution in [3.63, 3.8) is 0 Å². The van der Waals surface area contributed by atoms with Gasteiger partial charge in [0.2, 0.25) is 0 Å². The largest absolute Gasteiger partial charge is 0.501 e. The normalized spacial score (nSPS) is 16.0. The first-order chi connectivity index (χ1) is 9.82. The van der Waals surface area contributed by atoms with Gasteiger partial charge in [-0.2, -0.15) is 13.2 Å². The first-order valence-corrected chi connectivity index (χ1v) is 8.18. The zero-order valence-corrected chi connectivity index (χ0v) is 12.1. The Balaban J connectivity index is 1.99. The van der Waals surface area contributed by atoms with Crippen LogP contribution in [0.2, 0.25) is 0 Å². The van der Waals surface area contributed by atoms with Gasteiger partial charge in [-0.05, 0) is 37.9 Å². The molecule has 1 aromatic carbocycles. The molecule has 1 aliphatic rings. The van der Waals surface area contributed by atoms with Gasteiger partial charge in [-0.1, -0.05) is 12.1 Å². The lowest BCUT2D eigenvalue weighted by Crippen LogP contribution is -2.25. The minimum absolute atomic E-state index is 0.0127. The molecule has 4 nitrogen and oxygen atoms in total. The SMILES string of the molecule is O=S(=O)(c1ccccc1NCCCNC1CC1)C(F)(F)F. The third-order valence-electron chi connectivity index (χ3n) is 3.16. The molecule has 1 aliphatic carbocycles. The van der Waals surface area contributed by atoms with E-state index in [4.69, 9.17) is 0 Å². The van der Waals surface area contributed by atoms with E-state index in [-0.39, 0.29) is 5.69 Å². The van der Waals surface area contributed by atoms with Gasteiger partial charge >= 0.3 is 5.51 Å². The van der Waals surface area contributed by atoms with Crippen molar-refractivity contribution in [2.75, 3.05) is 18.4 Å². The Morgan fingerprint density at radius 1 is 1.14 bits per heavy atom. The molecule has 0 saturated heterocycles. The lowest BCUT2D eigenvalue weighted by molar-refractivity contribution is -0.0435. The Kier molecular flexibility index (Phi) is 4.77. The highest BCUT2D eigenvalue weighted by Crippen LogP contribution is 2.34. The second-order valence-corrected chi connectivity index (χ2v) is 6.86. The van der Waals surface area contributed by atoms with E-state index >= 15 is 0 Å². The van der Waals surface area contributed by atoms with Crippen molar-refractivity contribution in [2.24, 2.45) is 0 Å². The first-order valence-electron chi connectivity index (χ1n) is 6.70. The molecule has 0 radical (unpaired) electrons. The summed E-state index contributed by atoms with van der Waals surface area (Å²) in [4.78, 5) is -0.729. The number of sulfone groups is 1. The van der Waals surface area contributed by atoms with Gasteiger partial charge in [0, 0.05) is 12.6 Å². The molecule has 21 heavy (non-hydrogen) atoms. The van der Waals surface area contributed by atoms with Crippen LogP contribution in [-0.2, 0) is 9.84 Å². The summed E-state index contributed by atoms with van der Waals surface area (Å²) >= 11 is 0. The second kappa shape index (κ2) is 6.23. The van der Waals surface area contributed by atoms with Crippen molar-refractivity contribution in [2.45, 2.75) is 35.7 Å². The molecular formula is C13H17F3N2O2S. The molecule has 0 spiro atoms. The molecule has 8 heteroatoms. The predicted molar refractivity (Wildman–Crippen MR) is 73.8 cm³/mol. The number of nitrogens with one attached hydrogen (secondary N) is 2. The van der Waals surface area contributed by atoms with E-state index in [9.17, 15) is 21.6 Å². The summed E-state index contributed by atoms with van der Waals surface area (Å²) in [5, 5.41) is 6.04. The van der Waals surface area contributed by atoms with Crippen LogP contribution < -0.4 is 10.6 Å². The lowest BCUT2D eigenvalue weighted by atomic mass is 10.3. The highest BCUT2D eigenvalue weighted by atomic mass is 32.2. The van der Waals surface area contributed by atoms with Gasteiger partial charge in [-0.15, -0.1) is 0 Å². The van der Waals surface area contributed by atoms with Gasteiger partial charge in [-0.25, -0.2) is 8.42 Å². The van der Waals surface area contributed by atoms with E-state index < -0.39 is 20.2 Å². The molecule has 1 saturated carbocycles. The first kappa shape index (κ1) is 16.1. The van der Waals surface area contributed by atoms with Gasteiger partial charge in [-0.3, -0.25) is 0 Å². The van der Waals surface area contributed by atoms with E-state index in [2.05, 4.69) is 10.6 Å². The van der Waals surface area contributed by atoms with Crippen LogP contribution in [0, 0.1) is 0 Å². The minimum atomic E-state index is -5.33. The van der Waals surface area contributed by atoms with Crippen LogP contribution in [0.3, 0.4) is 0 Å². The maximum Gasteiger partial charge on any atom is 0.501 e. The average Bonchev–Trinajstić information content (AvgIpc) is 3.21. The summed E-state index contributed by atoms with van der Waals surface area (Å²) in [5.74, 6) is 0. The number of hydrogen-bond donors (Lipinski definition) is 2. The highest BCUT2D eigenvalue weighted by Gasteiger charge is 2.47. The Hall–Kier alpha value is -1.28. The molecule has 0 aromatic heterocycles. The maximum atomic E-state index is 12.6. The molecule has 2 rings (SSSR count). The smallest absolute Gasteiger partial charge is 0.384 e. The third-order valence-corrected chi connectivity index (χ3v) is 4.71. The van der Waals surface area contributed by atoms with Crippen LogP contribution in [0.5, 0.6) is 0 Å². The molecule has 0 heterocycles. The van der Waals surface area contributed by atoms with Gasteiger partial charge < -0.3 is 10.6 Å². The molecule has 1 aromatic rings. The van der Waals surface area contributed by atoms with Crippen molar-refractivity contribution in [1.29, 1.82) is 0 Å². The average molecular weight is 322 g/mol. The zero-order chi connectivity index (χ0) is 15.5. The minimum Gasteiger partial charge on any atom is -0.384 e. The van der Waals surface area contributed by atoms with Crippen molar-refractivity contribution >= 4 is 15.5 Å². The molecular weight excluding hydrogens is 305 g/mol. The van der Waals surface area contributed by atoms with Crippen LogP contribution in [0.25, 0.3) is 0 Å². The fourth-order valence-corrected chi connectivity index (χ4v) is 2.81. The Morgan fingerprint density at radius 2 is 1.81 bits per heavy atom.